The highest BCUT2D eigenvalue weighted by molar-refractivity contribution is 6.30. The van der Waals surface area contributed by atoms with Crippen molar-refractivity contribution in [2.75, 3.05) is 6.54 Å². The van der Waals surface area contributed by atoms with Gasteiger partial charge in [0.15, 0.2) is 0 Å². The zero-order valence-electron chi connectivity index (χ0n) is 11.0. The van der Waals surface area contributed by atoms with Gasteiger partial charge in [-0.05, 0) is 43.1 Å². The third kappa shape index (κ3) is 5.65. The zero-order chi connectivity index (χ0) is 12.8. The summed E-state index contributed by atoms with van der Waals surface area (Å²) < 4.78 is 0. The third-order valence-electron chi connectivity index (χ3n) is 2.95. The molecular weight excluding hydrogens is 277 g/mol. The van der Waals surface area contributed by atoms with E-state index in [0.717, 1.165) is 24.5 Å². The maximum atomic E-state index is 5.85. The molecule has 0 saturated heterocycles. The normalized spacial score (nSPS) is 10.0. The molecule has 2 aromatic rings. The first kappa shape index (κ1) is 16.0. The Morgan fingerprint density at radius 3 is 2.11 bits per heavy atom. The van der Waals surface area contributed by atoms with E-state index < -0.39 is 0 Å². The van der Waals surface area contributed by atoms with Gasteiger partial charge in [0.25, 0.3) is 0 Å². The summed E-state index contributed by atoms with van der Waals surface area (Å²) in [7, 11) is 0. The van der Waals surface area contributed by atoms with Crippen molar-refractivity contribution >= 4 is 24.0 Å². The maximum Gasteiger partial charge on any atom is 0.0406 e. The number of aryl methyl sites for hydroxylation is 1. The molecule has 19 heavy (non-hydrogen) atoms. The number of hydrogen-bond acceptors (Lipinski definition) is 1. The molecule has 0 saturated carbocycles. The van der Waals surface area contributed by atoms with Crippen molar-refractivity contribution in [1.29, 1.82) is 0 Å². The van der Waals surface area contributed by atoms with E-state index in [1.807, 2.05) is 12.1 Å². The molecule has 2 rings (SSSR count). The molecule has 0 fully saturated rings. The Hall–Kier alpha value is -1.02. The molecule has 1 nitrogen and oxygen atoms in total. The lowest BCUT2D eigenvalue weighted by Gasteiger charge is -2.05. The van der Waals surface area contributed by atoms with Crippen molar-refractivity contribution in [3.63, 3.8) is 0 Å². The highest BCUT2D eigenvalue weighted by Crippen LogP contribution is 2.09. The fourth-order valence-electron chi connectivity index (χ4n) is 1.82. The highest BCUT2D eigenvalue weighted by atomic mass is 35.5. The van der Waals surface area contributed by atoms with E-state index in [2.05, 4.69) is 48.6 Å². The standard InChI is InChI=1S/C16H18ClN.ClH/c1-13-2-4-15(5-3-13)12-18-11-10-14-6-8-16(17)9-7-14;/h2-9,18H,10-12H2,1H3;1H. The number of hydrogen-bond donors (Lipinski definition) is 1. The minimum absolute atomic E-state index is 0. The Morgan fingerprint density at radius 2 is 1.47 bits per heavy atom. The van der Waals surface area contributed by atoms with Crippen LogP contribution in [0.2, 0.25) is 5.02 Å². The molecule has 0 radical (unpaired) electrons. The molecule has 3 heteroatoms. The van der Waals surface area contributed by atoms with Crippen LogP contribution in [-0.2, 0) is 13.0 Å². The summed E-state index contributed by atoms with van der Waals surface area (Å²) in [6.07, 6.45) is 1.03. The van der Waals surface area contributed by atoms with Crippen LogP contribution < -0.4 is 5.32 Å². The van der Waals surface area contributed by atoms with E-state index in [4.69, 9.17) is 11.6 Å². The highest BCUT2D eigenvalue weighted by Gasteiger charge is 1.95. The first-order valence-corrected chi connectivity index (χ1v) is 6.62. The van der Waals surface area contributed by atoms with E-state index in [0.29, 0.717) is 0 Å². The monoisotopic (exact) mass is 295 g/mol. The van der Waals surface area contributed by atoms with Crippen LogP contribution in [0, 0.1) is 6.92 Å². The molecule has 0 aliphatic carbocycles. The van der Waals surface area contributed by atoms with Crippen LogP contribution >= 0.6 is 24.0 Å². The molecule has 0 aliphatic heterocycles. The van der Waals surface area contributed by atoms with Crippen LogP contribution in [0.15, 0.2) is 48.5 Å². The van der Waals surface area contributed by atoms with E-state index in [-0.39, 0.29) is 12.4 Å². The molecule has 0 spiro atoms. The maximum absolute atomic E-state index is 5.85. The Labute approximate surface area is 126 Å². The van der Waals surface area contributed by atoms with Crippen molar-refractivity contribution in [3.05, 3.63) is 70.2 Å². The lowest BCUT2D eigenvalue weighted by Crippen LogP contribution is -2.16. The predicted molar refractivity (Wildman–Crippen MR) is 85.3 cm³/mol. The number of benzene rings is 2. The van der Waals surface area contributed by atoms with Crippen LogP contribution in [-0.4, -0.2) is 6.54 Å². The van der Waals surface area contributed by atoms with Gasteiger partial charge in [-0.1, -0.05) is 53.6 Å². The molecule has 0 aliphatic rings. The van der Waals surface area contributed by atoms with Crippen LogP contribution in [0.25, 0.3) is 0 Å². The smallest absolute Gasteiger partial charge is 0.0406 e. The second-order valence-electron chi connectivity index (χ2n) is 4.54. The molecule has 1 N–H and O–H groups in total. The van der Waals surface area contributed by atoms with E-state index in [9.17, 15) is 0 Å². The lowest BCUT2D eigenvalue weighted by molar-refractivity contribution is 0.687. The van der Waals surface area contributed by atoms with Gasteiger partial charge >= 0.3 is 0 Å². The van der Waals surface area contributed by atoms with Gasteiger partial charge in [-0.2, -0.15) is 0 Å². The number of halogens is 2. The summed E-state index contributed by atoms with van der Waals surface area (Å²) in [4.78, 5) is 0. The Balaban J connectivity index is 0.00000180. The largest absolute Gasteiger partial charge is 0.312 e. The average Bonchev–Trinajstić information content (AvgIpc) is 2.39. The van der Waals surface area contributed by atoms with Gasteiger partial charge in [0.05, 0.1) is 0 Å². The Morgan fingerprint density at radius 1 is 0.895 bits per heavy atom. The van der Waals surface area contributed by atoms with E-state index in [1.165, 1.54) is 16.7 Å². The zero-order valence-corrected chi connectivity index (χ0v) is 12.6. The predicted octanol–water partition coefficient (Wildman–Crippen LogP) is 4.40. The summed E-state index contributed by atoms with van der Waals surface area (Å²) >= 11 is 5.85. The second kappa shape index (κ2) is 8.21. The van der Waals surface area contributed by atoms with E-state index >= 15 is 0 Å². The summed E-state index contributed by atoms with van der Waals surface area (Å²) in [6, 6.07) is 16.7. The third-order valence-corrected chi connectivity index (χ3v) is 3.21. The molecular formula is C16H19Cl2N. The van der Waals surface area contributed by atoms with Crippen LogP contribution in [0.3, 0.4) is 0 Å². The van der Waals surface area contributed by atoms with Crippen molar-refractivity contribution in [2.45, 2.75) is 19.9 Å². The summed E-state index contributed by atoms with van der Waals surface area (Å²) in [6.45, 7) is 4.02. The van der Waals surface area contributed by atoms with Gasteiger partial charge in [0, 0.05) is 11.6 Å². The van der Waals surface area contributed by atoms with Gasteiger partial charge in [-0.25, -0.2) is 0 Å². The molecule has 0 atom stereocenters. The van der Waals surface area contributed by atoms with Crippen molar-refractivity contribution < 1.29 is 0 Å². The molecule has 0 aromatic heterocycles. The topological polar surface area (TPSA) is 12.0 Å². The first-order valence-electron chi connectivity index (χ1n) is 6.25. The fourth-order valence-corrected chi connectivity index (χ4v) is 1.95. The molecule has 2 aromatic carbocycles. The summed E-state index contributed by atoms with van der Waals surface area (Å²) in [5.41, 5.74) is 3.95. The number of rotatable bonds is 5. The van der Waals surface area contributed by atoms with Gasteiger partial charge < -0.3 is 5.32 Å². The van der Waals surface area contributed by atoms with Crippen molar-refractivity contribution in [3.8, 4) is 0 Å². The Kier molecular flexibility index (Phi) is 6.93. The van der Waals surface area contributed by atoms with Gasteiger partial charge in [-0.3, -0.25) is 0 Å². The average molecular weight is 296 g/mol. The quantitative estimate of drug-likeness (QED) is 0.806. The van der Waals surface area contributed by atoms with Crippen LogP contribution in [0.1, 0.15) is 16.7 Å². The fraction of sp³-hybridized carbons (Fsp3) is 0.250. The minimum atomic E-state index is 0. The van der Waals surface area contributed by atoms with Crippen molar-refractivity contribution in [1.82, 2.24) is 5.32 Å². The molecule has 0 heterocycles. The second-order valence-corrected chi connectivity index (χ2v) is 4.98. The summed E-state index contributed by atoms with van der Waals surface area (Å²) in [5, 5.41) is 4.25. The van der Waals surface area contributed by atoms with Gasteiger partial charge in [0.2, 0.25) is 0 Å². The van der Waals surface area contributed by atoms with Gasteiger partial charge in [-0.15, -0.1) is 12.4 Å². The minimum Gasteiger partial charge on any atom is -0.312 e. The van der Waals surface area contributed by atoms with Crippen LogP contribution in [0.4, 0.5) is 0 Å². The Bertz CT molecular complexity index is 430. The van der Waals surface area contributed by atoms with E-state index in [1.54, 1.807) is 0 Å². The lowest BCUT2D eigenvalue weighted by atomic mass is 10.1. The molecule has 0 bridgehead atoms. The SMILES string of the molecule is Cc1ccc(CNCCc2ccc(Cl)cc2)cc1.Cl. The molecule has 0 amide bonds. The molecule has 102 valence electrons. The summed E-state index contributed by atoms with van der Waals surface area (Å²) in [5.74, 6) is 0. The van der Waals surface area contributed by atoms with Crippen LogP contribution in [0.5, 0.6) is 0 Å². The number of nitrogens with one attached hydrogen (secondary N) is 1. The molecule has 0 unspecified atom stereocenters. The van der Waals surface area contributed by atoms with Crippen molar-refractivity contribution in [2.24, 2.45) is 0 Å². The first-order chi connectivity index (χ1) is 8.74. The van der Waals surface area contributed by atoms with Gasteiger partial charge in [0.1, 0.15) is 0 Å².